The van der Waals surface area contributed by atoms with E-state index in [0.717, 1.165) is 29.7 Å². The van der Waals surface area contributed by atoms with Gasteiger partial charge in [-0.3, -0.25) is 9.48 Å². The summed E-state index contributed by atoms with van der Waals surface area (Å²) in [6, 6.07) is 14.3. The van der Waals surface area contributed by atoms with E-state index in [1.165, 1.54) is 4.31 Å². The zero-order chi connectivity index (χ0) is 23.6. The summed E-state index contributed by atoms with van der Waals surface area (Å²) in [5, 5.41) is 7.91. The molecule has 0 saturated heterocycles. The van der Waals surface area contributed by atoms with Crippen LogP contribution in [-0.4, -0.2) is 35.0 Å². The fourth-order valence-corrected chi connectivity index (χ4v) is 5.62. The van der Waals surface area contributed by atoms with Crippen LogP contribution in [0.5, 0.6) is 0 Å². The summed E-state index contributed by atoms with van der Waals surface area (Å²) in [5.41, 5.74) is 3.83. The number of aromatic nitrogens is 2. The van der Waals surface area contributed by atoms with E-state index in [4.69, 9.17) is 11.6 Å². The minimum absolute atomic E-state index is 0.117. The van der Waals surface area contributed by atoms with Crippen molar-refractivity contribution < 1.29 is 13.2 Å². The highest BCUT2D eigenvalue weighted by Crippen LogP contribution is 2.27. The molecule has 1 aliphatic rings. The lowest BCUT2D eigenvalue weighted by Gasteiger charge is -2.27. The van der Waals surface area contributed by atoms with E-state index in [2.05, 4.69) is 17.3 Å². The molecule has 0 atom stereocenters. The predicted octanol–water partition coefficient (Wildman–Crippen LogP) is 3.70. The van der Waals surface area contributed by atoms with Crippen molar-refractivity contribution in [3.05, 3.63) is 81.6 Å². The lowest BCUT2D eigenvalue weighted by atomic mass is 10.1. The van der Waals surface area contributed by atoms with Crippen LogP contribution in [0.25, 0.3) is 0 Å². The lowest BCUT2D eigenvalue weighted by molar-refractivity contribution is 0.0943. The predicted molar refractivity (Wildman–Crippen MR) is 128 cm³/mol. The van der Waals surface area contributed by atoms with E-state index in [0.29, 0.717) is 30.1 Å². The molecule has 2 aromatic carbocycles. The minimum atomic E-state index is -3.68. The van der Waals surface area contributed by atoms with Crippen molar-refractivity contribution in [3.63, 3.8) is 0 Å². The molecule has 1 amide bonds. The third-order valence-corrected chi connectivity index (χ3v) is 8.00. The third kappa shape index (κ3) is 4.98. The number of fused-ring (bicyclic) bond motifs is 1. The van der Waals surface area contributed by atoms with Gasteiger partial charge >= 0.3 is 0 Å². The number of halogens is 1. The second-order valence-electron chi connectivity index (χ2n) is 8.19. The van der Waals surface area contributed by atoms with Gasteiger partial charge in [0, 0.05) is 49.4 Å². The maximum Gasteiger partial charge on any atom is 0.272 e. The number of benzene rings is 2. The molecular formula is C24H27ClN4O3S. The van der Waals surface area contributed by atoms with Crippen LogP contribution >= 0.6 is 11.6 Å². The van der Waals surface area contributed by atoms with Crippen LogP contribution in [0.15, 0.2) is 53.4 Å². The highest BCUT2D eigenvalue weighted by atomic mass is 35.5. The molecule has 1 aromatic heterocycles. The molecule has 0 radical (unpaired) electrons. The van der Waals surface area contributed by atoms with Crippen molar-refractivity contribution in [3.8, 4) is 0 Å². The van der Waals surface area contributed by atoms with Crippen molar-refractivity contribution in [2.75, 3.05) is 6.54 Å². The van der Waals surface area contributed by atoms with Crippen molar-refractivity contribution in [1.29, 1.82) is 0 Å². The first-order chi connectivity index (χ1) is 15.8. The third-order valence-electron chi connectivity index (χ3n) is 5.89. The summed E-state index contributed by atoms with van der Waals surface area (Å²) in [5.74, 6) is -0.329. The Morgan fingerprint density at radius 3 is 2.42 bits per heavy atom. The number of carbonyl (C=O) groups is 1. The standard InChI is InChI=1S/C24H27ClN4O3S/c1-3-4-17-7-11-20(12-8-17)33(31,32)29-14-13-22-21(16-29)23(27-28(22)2)24(30)26-15-18-5-9-19(25)10-6-18/h5-12H,3-4,13-16H2,1-2H3,(H,26,30). The van der Waals surface area contributed by atoms with Gasteiger partial charge in [0.1, 0.15) is 0 Å². The Morgan fingerprint density at radius 2 is 1.76 bits per heavy atom. The van der Waals surface area contributed by atoms with Crippen LogP contribution in [-0.2, 0) is 43.0 Å². The van der Waals surface area contributed by atoms with Crippen molar-refractivity contribution in [1.82, 2.24) is 19.4 Å². The minimum Gasteiger partial charge on any atom is -0.347 e. The Hall–Kier alpha value is -2.68. The van der Waals surface area contributed by atoms with Crippen LogP contribution < -0.4 is 5.32 Å². The van der Waals surface area contributed by atoms with Crippen molar-refractivity contribution in [2.24, 2.45) is 7.05 Å². The van der Waals surface area contributed by atoms with E-state index >= 15 is 0 Å². The largest absolute Gasteiger partial charge is 0.347 e. The molecule has 33 heavy (non-hydrogen) atoms. The summed E-state index contributed by atoms with van der Waals surface area (Å²) < 4.78 is 29.7. The number of hydrogen-bond acceptors (Lipinski definition) is 4. The molecule has 4 rings (SSSR count). The molecule has 0 aliphatic carbocycles. The summed E-state index contributed by atoms with van der Waals surface area (Å²) in [4.78, 5) is 13.2. The smallest absolute Gasteiger partial charge is 0.272 e. The Bertz CT molecular complexity index is 1250. The topological polar surface area (TPSA) is 84.3 Å². The highest BCUT2D eigenvalue weighted by Gasteiger charge is 2.33. The number of rotatable bonds is 7. The molecule has 1 aliphatic heterocycles. The van der Waals surface area contributed by atoms with Crippen LogP contribution in [0.4, 0.5) is 0 Å². The monoisotopic (exact) mass is 486 g/mol. The first-order valence-electron chi connectivity index (χ1n) is 11.0. The summed E-state index contributed by atoms with van der Waals surface area (Å²) >= 11 is 5.92. The molecule has 9 heteroatoms. The van der Waals surface area contributed by atoms with Gasteiger partial charge in [-0.05, 0) is 41.8 Å². The van der Waals surface area contributed by atoms with Gasteiger partial charge in [0.25, 0.3) is 5.91 Å². The molecule has 0 fully saturated rings. The molecule has 0 unspecified atom stereocenters. The Labute approximate surface area is 199 Å². The van der Waals surface area contributed by atoms with Gasteiger partial charge in [-0.2, -0.15) is 9.40 Å². The molecule has 1 N–H and O–H groups in total. The first kappa shape index (κ1) is 23.5. The fraction of sp³-hybridized carbons (Fsp3) is 0.333. The Kier molecular flexibility index (Phi) is 6.88. The zero-order valence-corrected chi connectivity index (χ0v) is 20.3. The summed E-state index contributed by atoms with van der Waals surface area (Å²) in [7, 11) is -1.89. The normalized spacial score (nSPS) is 14.2. The van der Waals surface area contributed by atoms with Crippen LogP contribution in [0.1, 0.15) is 46.2 Å². The fourth-order valence-electron chi connectivity index (χ4n) is 4.09. The summed E-state index contributed by atoms with van der Waals surface area (Å²) in [6.07, 6.45) is 2.42. The maximum atomic E-state index is 13.3. The van der Waals surface area contributed by atoms with Gasteiger partial charge in [0.05, 0.1) is 4.90 Å². The van der Waals surface area contributed by atoms with E-state index in [1.807, 2.05) is 24.3 Å². The highest BCUT2D eigenvalue weighted by molar-refractivity contribution is 7.89. The molecule has 174 valence electrons. The summed E-state index contributed by atoms with van der Waals surface area (Å²) in [6.45, 7) is 2.88. The van der Waals surface area contributed by atoms with Crippen LogP contribution in [0.3, 0.4) is 0 Å². The number of nitrogens with zero attached hydrogens (tertiary/aromatic N) is 3. The van der Waals surface area contributed by atoms with E-state index in [-0.39, 0.29) is 23.0 Å². The molecule has 2 heterocycles. The SMILES string of the molecule is CCCc1ccc(S(=O)(=O)N2CCc3c(c(C(=O)NCc4ccc(Cl)cc4)nn3C)C2)cc1. The van der Waals surface area contributed by atoms with Gasteiger partial charge in [0.15, 0.2) is 5.69 Å². The van der Waals surface area contributed by atoms with E-state index < -0.39 is 10.0 Å². The van der Waals surface area contributed by atoms with Crippen LogP contribution in [0.2, 0.25) is 5.02 Å². The van der Waals surface area contributed by atoms with E-state index in [1.54, 1.807) is 36.0 Å². The van der Waals surface area contributed by atoms with Crippen molar-refractivity contribution >= 4 is 27.5 Å². The quantitative estimate of drug-likeness (QED) is 0.551. The molecule has 3 aromatic rings. The number of amides is 1. The number of nitrogens with one attached hydrogen (secondary N) is 1. The van der Waals surface area contributed by atoms with Gasteiger partial charge < -0.3 is 5.32 Å². The van der Waals surface area contributed by atoms with Gasteiger partial charge in [-0.15, -0.1) is 0 Å². The second kappa shape index (κ2) is 9.67. The number of hydrogen-bond donors (Lipinski definition) is 1. The first-order valence-corrected chi connectivity index (χ1v) is 12.8. The van der Waals surface area contributed by atoms with Gasteiger partial charge in [-0.25, -0.2) is 8.42 Å². The van der Waals surface area contributed by atoms with Crippen molar-refractivity contribution in [2.45, 2.75) is 44.2 Å². The lowest BCUT2D eigenvalue weighted by Crippen LogP contribution is -2.37. The Morgan fingerprint density at radius 1 is 1.09 bits per heavy atom. The number of aryl methyl sites for hydroxylation is 2. The second-order valence-corrected chi connectivity index (χ2v) is 10.6. The molecule has 0 saturated carbocycles. The zero-order valence-electron chi connectivity index (χ0n) is 18.7. The van der Waals surface area contributed by atoms with Gasteiger partial charge in [-0.1, -0.05) is 49.2 Å². The van der Waals surface area contributed by atoms with Gasteiger partial charge in [0.2, 0.25) is 10.0 Å². The maximum absolute atomic E-state index is 13.3. The number of carbonyl (C=O) groups excluding carboxylic acids is 1. The number of sulfonamides is 1. The average molecular weight is 487 g/mol. The average Bonchev–Trinajstić information content (AvgIpc) is 3.15. The van der Waals surface area contributed by atoms with Crippen LogP contribution in [0, 0.1) is 0 Å². The molecule has 0 bridgehead atoms. The van der Waals surface area contributed by atoms with E-state index in [9.17, 15) is 13.2 Å². The molecular weight excluding hydrogens is 460 g/mol. The molecule has 0 spiro atoms. The molecule has 7 nitrogen and oxygen atoms in total. The Balaban J connectivity index is 1.53.